The maximum atomic E-state index is 14.0. The van der Waals surface area contributed by atoms with Gasteiger partial charge in [-0.15, -0.1) is 0 Å². The normalized spacial score (nSPS) is 46.8. The molecule has 5 rings (SSSR count). The number of aliphatic hydroxyl groups excluding tert-OH is 1. The summed E-state index contributed by atoms with van der Waals surface area (Å²) in [5, 5.41) is 10.9. The van der Waals surface area contributed by atoms with Crippen molar-refractivity contribution in [3.8, 4) is 0 Å². The monoisotopic (exact) mass is 514 g/mol. The lowest BCUT2D eigenvalue weighted by atomic mass is 9.41. The Morgan fingerprint density at radius 3 is 2.43 bits per heavy atom. The van der Waals surface area contributed by atoms with Crippen molar-refractivity contribution in [1.29, 1.82) is 0 Å². The minimum Gasteiger partial charge on any atom is -0.462 e. The molecule has 5 heteroatoms. The van der Waals surface area contributed by atoms with Crippen LogP contribution in [0.1, 0.15) is 113 Å². The molecule has 1 saturated heterocycles. The van der Waals surface area contributed by atoms with Crippen LogP contribution in [0.4, 0.5) is 0 Å². The largest absolute Gasteiger partial charge is 0.462 e. The van der Waals surface area contributed by atoms with E-state index in [9.17, 15) is 14.7 Å². The molecular formula is C32H50O5. The number of aliphatic hydroxyl groups is 1. The fourth-order valence-corrected chi connectivity index (χ4v) is 10.7. The van der Waals surface area contributed by atoms with Crippen molar-refractivity contribution in [2.24, 2.45) is 45.3 Å². The average Bonchev–Trinajstić information content (AvgIpc) is 3.20. The third-order valence-corrected chi connectivity index (χ3v) is 12.3. The number of carbonyl (C=O) groups excluding carboxylic acids is 2. The standard InChI is InChI=1S/C32H50O5/c1-19(2)17-21(36-20(3)33)18-31(8)25-12-15-30(7)23-9-10-24-28(4,5)26(34)13-14-29(24,6)22(23)11-16-32(25,30)27(35)37-31/h11,19,21,23-26,34H,9-10,12-18H2,1-8H3/t21?,23?,24-,25?,26-,29+,30-,31?,32?/m0/s1. The molecule has 5 unspecified atom stereocenters. The minimum absolute atomic E-state index is 0.0203. The number of carbonyl (C=O) groups is 2. The van der Waals surface area contributed by atoms with Crippen LogP contribution in [0.5, 0.6) is 0 Å². The van der Waals surface area contributed by atoms with Gasteiger partial charge in [0, 0.05) is 19.3 Å². The zero-order chi connectivity index (χ0) is 27.2. The second-order valence-electron chi connectivity index (χ2n) is 15.1. The Morgan fingerprint density at radius 1 is 1.08 bits per heavy atom. The molecule has 9 atom stereocenters. The predicted molar refractivity (Wildman–Crippen MR) is 143 cm³/mol. The van der Waals surface area contributed by atoms with E-state index in [4.69, 9.17) is 9.47 Å². The molecule has 4 aliphatic carbocycles. The average molecular weight is 515 g/mol. The van der Waals surface area contributed by atoms with E-state index in [0.29, 0.717) is 24.2 Å². The smallest absolute Gasteiger partial charge is 0.313 e. The van der Waals surface area contributed by atoms with Crippen molar-refractivity contribution < 1.29 is 24.2 Å². The van der Waals surface area contributed by atoms with Crippen LogP contribution >= 0.6 is 0 Å². The molecule has 1 spiro atoms. The van der Waals surface area contributed by atoms with Crippen molar-refractivity contribution in [2.75, 3.05) is 0 Å². The van der Waals surface area contributed by atoms with Crippen molar-refractivity contribution in [3.05, 3.63) is 11.6 Å². The van der Waals surface area contributed by atoms with E-state index in [1.54, 1.807) is 5.57 Å². The van der Waals surface area contributed by atoms with Crippen LogP contribution in [-0.2, 0) is 19.1 Å². The molecule has 5 aliphatic rings. The summed E-state index contributed by atoms with van der Waals surface area (Å²) >= 11 is 0. The van der Waals surface area contributed by atoms with E-state index in [-0.39, 0.29) is 46.3 Å². The van der Waals surface area contributed by atoms with Gasteiger partial charge in [-0.1, -0.05) is 53.2 Å². The van der Waals surface area contributed by atoms with E-state index in [2.05, 4.69) is 54.5 Å². The van der Waals surface area contributed by atoms with Crippen molar-refractivity contribution >= 4 is 11.9 Å². The fourth-order valence-electron chi connectivity index (χ4n) is 10.7. The first-order valence-corrected chi connectivity index (χ1v) is 14.9. The highest BCUT2D eigenvalue weighted by Gasteiger charge is 2.76. The Kier molecular flexibility index (Phi) is 6.30. The Morgan fingerprint density at radius 2 is 1.78 bits per heavy atom. The van der Waals surface area contributed by atoms with E-state index < -0.39 is 11.0 Å². The van der Waals surface area contributed by atoms with Gasteiger partial charge >= 0.3 is 11.9 Å². The molecular weight excluding hydrogens is 464 g/mol. The first kappa shape index (κ1) is 27.2. The summed E-state index contributed by atoms with van der Waals surface area (Å²) in [7, 11) is 0. The number of hydrogen-bond donors (Lipinski definition) is 1. The van der Waals surface area contributed by atoms with E-state index >= 15 is 0 Å². The summed E-state index contributed by atoms with van der Waals surface area (Å²) < 4.78 is 12.2. The first-order chi connectivity index (χ1) is 17.1. The summed E-state index contributed by atoms with van der Waals surface area (Å²) in [5.74, 6) is 1.09. The lowest BCUT2D eigenvalue weighted by molar-refractivity contribution is -0.165. The highest BCUT2D eigenvalue weighted by molar-refractivity contribution is 5.83. The van der Waals surface area contributed by atoms with Crippen molar-refractivity contribution in [1.82, 2.24) is 0 Å². The first-order valence-electron chi connectivity index (χ1n) is 14.9. The fraction of sp³-hybridized carbons (Fsp3) is 0.875. The minimum atomic E-state index is -0.618. The molecule has 0 radical (unpaired) electrons. The maximum absolute atomic E-state index is 14.0. The van der Waals surface area contributed by atoms with Crippen LogP contribution in [-0.4, -0.2) is 34.9 Å². The van der Waals surface area contributed by atoms with Crippen LogP contribution in [0.2, 0.25) is 0 Å². The van der Waals surface area contributed by atoms with Gasteiger partial charge in [-0.05, 0) is 92.3 Å². The van der Waals surface area contributed by atoms with Crippen molar-refractivity contribution in [3.63, 3.8) is 0 Å². The molecule has 0 aromatic rings. The SMILES string of the molecule is CC(=O)OC(CC(C)C)CC1(C)OC(=O)C23CC=C4C(CC[C@H]5C(C)(C)[C@@H](O)CC[C@]45C)[C@]2(C)CCC13. The third-order valence-electron chi connectivity index (χ3n) is 12.3. The van der Waals surface area contributed by atoms with Crippen LogP contribution < -0.4 is 0 Å². The number of cyclic esters (lactones) is 1. The number of esters is 2. The third kappa shape index (κ3) is 3.64. The second kappa shape index (κ2) is 8.57. The van der Waals surface area contributed by atoms with Crippen LogP contribution in [0.25, 0.3) is 0 Å². The summed E-state index contributed by atoms with van der Waals surface area (Å²) in [6.45, 7) is 17.2. The molecule has 4 fully saturated rings. The van der Waals surface area contributed by atoms with Gasteiger partial charge in [-0.25, -0.2) is 0 Å². The highest BCUT2D eigenvalue weighted by Crippen LogP contribution is 2.76. The predicted octanol–water partition coefficient (Wildman–Crippen LogP) is 6.62. The molecule has 1 heterocycles. The van der Waals surface area contributed by atoms with E-state index in [1.807, 2.05) is 0 Å². The van der Waals surface area contributed by atoms with E-state index in [1.165, 1.54) is 6.92 Å². The molecule has 0 aromatic carbocycles. The van der Waals surface area contributed by atoms with Gasteiger partial charge in [-0.3, -0.25) is 9.59 Å². The summed E-state index contributed by atoms with van der Waals surface area (Å²) in [4.78, 5) is 25.9. The quantitative estimate of drug-likeness (QED) is 0.330. The van der Waals surface area contributed by atoms with Gasteiger partial charge in [0.25, 0.3) is 0 Å². The second-order valence-corrected chi connectivity index (χ2v) is 15.1. The van der Waals surface area contributed by atoms with E-state index in [0.717, 1.165) is 51.4 Å². The summed E-state index contributed by atoms with van der Waals surface area (Å²) in [6, 6.07) is 0. The Balaban J connectivity index is 1.50. The number of fused-ring (bicyclic) bond motifs is 4. The molecule has 5 nitrogen and oxygen atoms in total. The van der Waals surface area contributed by atoms with Crippen LogP contribution in [0.15, 0.2) is 11.6 Å². The lowest BCUT2D eigenvalue weighted by Gasteiger charge is -2.63. The molecule has 37 heavy (non-hydrogen) atoms. The van der Waals surface area contributed by atoms with Gasteiger partial charge in [0.2, 0.25) is 0 Å². The molecule has 0 bridgehead atoms. The van der Waals surface area contributed by atoms with Crippen LogP contribution in [0.3, 0.4) is 0 Å². The highest BCUT2D eigenvalue weighted by atomic mass is 16.6. The van der Waals surface area contributed by atoms with Gasteiger partial charge in [0.05, 0.1) is 11.5 Å². The molecule has 1 aliphatic heterocycles. The Labute approximate surface area is 224 Å². The number of ether oxygens (including phenoxy) is 2. The van der Waals surface area contributed by atoms with Gasteiger partial charge in [0.15, 0.2) is 0 Å². The topological polar surface area (TPSA) is 72.8 Å². The number of hydrogen-bond acceptors (Lipinski definition) is 5. The van der Waals surface area contributed by atoms with Gasteiger partial charge in [-0.2, -0.15) is 0 Å². The number of allylic oxidation sites excluding steroid dienone is 2. The van der Waals surface area contributed by atoms with Gasteiger partial charge < -0.3 is 14.6 Å². The zero-order valence-electron chi connectivity index (χ0n) is 24.5. The lowest BCUT2D eigenvalue weighted by Crippen LogP contribution is -2.58. The molecule has 3 saturated carbocycles. The summed E-state index contributed by atoms with van der Waals surface area (Å²) in [5.41, 5.74) is 0.309. The van der Waals surface area contributed by atoms with Gasteiger partial charge in [0.1, 0.15) is 11.7 Å². The number of rotatable bonds is 5. The maximum Gasteiger partial charge on any atom is 0.313 e. The zero-order valence-corrected chi connectivity index (χ0v) is 24.5. The van der Waals surface area contributed by atoms with Crippen LogP contribution in [0, 0.1) is 45.3 Å². The molecule has 0 amide bonds. The molecule has 208 valence electrons. The molecule has 1 N–H and O–H groups in total. The Hall–Kier alpha value is -1.36. The van der Waals surface area contributed by atoms with Crippen molar-refractivity contribution in [2.45, 2.75) is 131 Å². The molecule has 0 aromatic heterocycles. The summed E-state index contributed by atoms with van der Waals surface area (Å²) in [6.07, 6.45) is 10.2. The Bertz CT molecular complexity index is 997.